The van der Waals surface area contributed by atoms with E-state index in [1.54, 1.807) is 0 Å². The summed E-state index contributed by atoms with van der Waals surface area (Å²) in [6.07, 6.45) is 14.0. The molecule has 0 spiro atoms. The number of allylic oxidation sites excluding steroid dienone is 2. The molecule has 1 N–H and O–H groups in total. The Bertz CT molecular complexity index is 2040. The molecule has 1 atom stereocenters. The molecule has 2 heteroatoms. The number of benzene rings is 5. The molecule has 0 aliphatic carbocycles. The van der Waals surface area contributed by atoms with Gasteiger partial charge in [0.15, 0.2) is 0 Å². The SMILES string of the molecule is CCCCCCCCc1cccc(-c2cccc(C3=CC(c4ccc5ccccc5c4)=C4C=C(c5c(C)cccc5C)N(C)CC4N3)c2)c1. The lowest BCUT2D eigenvalue weighted by atomic mass is 9.84. The van der Waals surface area contributed by atoms with E-state index in [1.165, 1.54) is 116 Å². The molecule has 0 amide bonds. The molecule has 2 aliphatic heterocycles. The lowest BCUT2D eigenvalue weighted by molar-refractivity contribution is 0.421. The van der Waals surface area contributed by atoms with Crippen LogP contribution in [0.1, 0.15) is 78.8 Å². The molecule has 2 heterocycles. The van der Waals surface area contributed by atoms with E-state index in [0.717, 1.165) is 13.0 Å². The Hall–Kier alpha value is -4.82. The Morgan fingerprint density at radius 1 is 0.633 bits per heavy atom. The predicted octanol–water partition coefficient (Wildman–Crippen LogP) is 11.8. The number of hydrogen-bond acceptors (Lipinski definition) is 2. The minimum absolute atomic E-state index is 0.170. The van der Waals surface area contributed by atoms with Gasteiger partial charge in [-0.2, -0.15) is 0 Å². The van der Waals surface area contributed by atoms with Crippen LogP contribution >= 0.6 is 0 Å². The van der Waals surface area contributed by atoms with E-state index in [4.69, 9.17) is 0 Å². The van der Waals surface area contributed by atoms with Crippen LogP contribution in [-0.4, -0.2) is 24.5 Å². The average molecular weight is 643 g/mol. The number of dihydropyridines is 1. The molecular formula is C47H50N2. The summed E-state index contributed by atoms with van der Waals surface area (Å²) in [7, 11) is 2.24. The molecule has 7 rings (SSSR count). The largest absolute Gasteiger partial charge is 0.376 e. The zero-order chi connectivity index (χ0) is 33.7. The van der Waals surface area contributed by atoms with Crippen molar-refractivity contribution in [1.29, 1.82) is 0 Å². The highest BCUT2D eigenvalue weighted by Gasteiger charge is 2.30. The van der Waals surface area contributed by atoms with Crippen molar-refractivity contribution < 1.29 is 0 Å². The Balaban J connectivity index is 1.26. The molecular weight excluding hydrogens is 593 g/mol. The third-order valence-corrected chi connectivity index (χ3v) is 10.5. The monoisotopic (exact) mass is 642 g/mol. The number of aryl methyl sites for hydroxylation is 3. The van der Waals surface area contributed by atoms with Crippen molar-refractivity contribution >= 4 is 27.7 Å². The molecule has 0 saturated heterocycles. The normalized spacial score (nSPS) is 15.9. The van der Waals surface area contributed by atoms with Gasteiger partial charge < -0.3 is 10.2 Å². The minimum atomic E-state index is 0.170. The highest BCUT2D eigenvalue weighted by molar-refractivity contribution is 5.95. The smallest absolute Gasteiger partial charge is 0.0695 e. The molecule has 0 saturated carbocycles. The number of hydrogen-bond donors (Lipinski definition) is 1. The Morgan fingerprint density at radius 2 is 1.33 bits per heavy atom. The summed E-state index contributed by atoms with van der Waals surface area (Å²) in [5.74, 6) is 0. The molecule has 0 radical (unpaired) electrons. The lowest BCUT2D eigenvalue weighted by Crippen LogP contribution is -2.44. The highest BCUT2D eigenvalue weighted by Crippen LogP contribution is 2.39. The zero-order valence-corrected chi connectivity index (χ0v) is 29.7. The van der Waals surface area contributed by atoms with Crippen LogP contribution in [0.2, 0.25) is 0 Å². The quantitative estimate of drug-likeness (QED) is 0.144. The molecule has 0 fully saturated rings. The first-order chi connectivity index (χ1) is 24.0. The third kappa shape index (κ3) is 7.15. The molecule has 2 aliphatic rings. The summed E-state index contributed by atoms with van der Waals surface area (Å²) < 4.78 is 0. The Labute approximate surface area is 293 Å². The van der Waals surface area contributed by atoms with Gasteiger partial charge in [-0.1, -0.05) is 136 Å². The van der Waals surface area contributed by atoms with Crippen LogP contribution in [0.4, 0.5) is 0 Å². The van der Waals surface area contributed by atoms with Crippen molar-refractivity contribution in [2.24, 2.45) is 0 Å². The number of fused-ring (bicyclic) bond motifs is 2. The summed E-state index contributed by atoms with van der Waals surface area (Å²) in [5.41, 5.74) is 15.6. The van der Waals surface area contributed by atoms with Crippen molar-refractivity contribution in [1.82, 2.24) is 10.2 Å². The summed E-state index contributed by atoms with van der Waals surface area (Å²) in [6, 6.07) is 40.7. The van der Waals surface area contributed by atoms with Gasteiger partial charge in [-0.15, -0.1) is 0 Å². The first kappa shape index (κ1) is 32.7. The summed E-state index contributed by atoms with van der Waals surface area (Å²) >= 11 is 0. The fraction of sp³-hybridized carbons (Fsp3) is 0.277. The number of likely N-dealkylation sites (N-methyl/N-ethyl adjacent to an activating group) is 1. The summed E-state index contributed by atoms with van der Waals surface area (Å²) in [6.45, 7) is 7.64. The van der Waals surface area contributed by atoms with Crippen molar-refractivity contribution in [3.63, 3.8) is 0 Å². The van der Waals surface area contributed by atoms with E-state index in [9.17, 15) is 0 Å². The van der Waals surface area contributed by atoms with Crippen LogP contribution in [0.15, 0.2) is 127 Å². The highest BCUT2D eigenvalue weighted by atomic mass is 15.2. The molecule has 2 nitrogen and oxygen atoms in total. The van der Waals surface area contributed by atoms with E-state index in [0.29, 0.717) is 0 Å². The first-order valence-electron chi connectivity index (χ1n) is 18.4. The van der Waals surface area contributed by atoms with Gasteiger partial charge in [-0.3, -0.25) is 0 Å². The second kappa shape index (κ2) is 14.7. The number of rotatable bonds is 11. The lowest BCUT2D eigenvalue weighted by Gasteiger charge is -2.39. The fourth-order valence-corrected chi connectivity index (χ4v) is 7.81. The van der Waals surface area contributed by atoms with Gasteiger partial charge in [0.05, 0.1) is 6.04 Å². The Kier molecular flexibility index (Phi) is 9.84. The van der Waals surface area contributed by atoms with E-state index in [2.05, 4.69) is 159 Å². The number of nitrogens with one attached hydrogen (secondary N) is 1. The minimum Gasteiger partial charge on any atom is -0.376 e. The van der Waals surface area contributed by atoms with Gasteiger partial charge in [-0.25, -0.2) is 0 Å². The average Bonchev–Trinajstić information content (AvgIpc) is 3.12. The number of unbranched alkanes of at least 4 members (excludes halogenated alkanes) is 5. The fourth-order valence-electron chi connectivity index (χ4n) is 7.81. The van der Waals surface area contributed by atoms with E-state index in [1.807, 2.05) is 0 Å². The maximum Gasteiger partial charge on any atom is 0.0695 e. The summed E-state index contributed by atoms with van der Waals surface area (Å²) in [5, 5.41) is 6.54. The second-order valence-electron chi connectivity index (χ2n) is 14.2. The molecule has 1 unspecified atom stereocenters. The topological polar surface area (TPSA) is 15.3 Å². The van der Waals surface area contributed by atoms with Gasteiger partial charge >= 0.3 is 0 Å². The van der Waals surface area contributed by atoms with Crippen molar-refractivity contribution in [3.8, 4) is 11.1 Å². The van der Waals surface area contributed by atoms with Crippen LogP contribution in [0.5, 0.6) is 0 Å². The van der Waals surface area contributed by atoms with E-state index < -0.39 is 0 Å². The van der Waals surface area contributed by atoms with E-state index >= 15 is 0 Å². The van der Waals surface area contributed by atoms with Gasteiger partial charge in [0, 0.05) is 30.5 Å². The van der Waals surface area contributed by atoms with Crippen molar-refractivity contribution in [2.75, 3.05) is 13.6 Å². The van der Waals surface area contributed by atoms with Gasteiger partial charge in [0.25, 0.3) is 0 Å². The molecule has 0 aromatic heterocycles. The third-order valence-electron chi connectivity index (χ3n) is 10.5. The van der Waals surface area contributed by atoms with Gasteiger partial charge in [-0.05, 0) is 112 Å². The van der Waals surface area contributed by atoms with Gasteiger partial charge in [0.1, 0.15) is 0 Å². The van der Waals surface area contributed by atoms with Crippen LogP contribution in [0.25, 0.3) is 38.9 Å². The maximum absolute atomic E-state index is 4.00. The predicted molar refractivity (Wildman–Crippen MR) is 211 cm³/mol. The zero-order valence-electron chi connectivity index (χ0n) is 29.7. The molecule has 49 heavy (non-hydrogen) atoms. The maximum atomic E-state index is 4.00. The van der Waals surface area contributed by atoms with Crippen LogP contribution in [0.3, 0.4) is 0 Å². The number of nitrogens with zero attached hydrogens (tertiary/aromatic N) is 1. The van der Waals surface area contributed by atoms with Crippen LogP contribution in [-0.2, 0) is 6.42 Å². The first-order valence-corrected chi connectivity index (χ1v) is 18.4. The summed E-state index contributed by atoms with van der Waals surface area (Å²) in [4.78, 5) is 2.43. The Morgan fingerprint density at radius 3 is 2.14 bits per heavy atom. The molecule has 5 aromatic rings. The second-order valence-corrected chi connectivity index (χ2v) is 14.2. The van der Waals surface area contributed by atoms with Crippen molar-refractivity contribution in [2.45, 2.75) is 71.8 Å². The van der Waals surface area contributed by atoms with Crippen LogP contribution in [0, 0.1) is 13.8 Å². The molecule has 0 bridgehead atoms. The molecule has 5 aromatic carbocycles. The molecule has 248 valence electrons. The van der Waals surface area contributed by atoms with Gasteiger partial charge in [0.2, 0.25) is 0 Å². The van der Waals surface area contributed by atoms with Crippen molar-refractivity contribution in [3.05, 3.63) is 160 Å². The standard InChI is InChI=1S/C47H50N2/c1-5-6-7-8-9-10-18-35-19-14-22-37(27-35)39-23-15-24-41(29-39)44-30-42(40-26-25-36-20-11-12-21-38(36)28-40)43-31-46(49(4)32-45(43)48-44)47-33(2)16-13-17-34(47)3/h11-17,19-31,45,48H,5-10,18,32H2,1-4H3. The van der Waals surface area contributed by atoms with E-state index in [-0.39, 0.29) is 6.04 Å². The van der Waals surface area contributed by atoms with Crippen LogP contribution < -0.4 is 5.32 Å².